The maximum atomic E-state index is 15.0. The van der Waals surface area contributed by atoms with Gasteiger partial charge in [-0.3, -0.25) is 4.79 Å². The summed E-state index contributed by atoms with van der Waals surface area (Å²) in [4.78, 5) is 14.2. The highest BCUT2D eigenvalue weighted by Gasteiger charge is 2.22. The number of anilines is 1. The van der Waals surface area contributed by atoms with Crippen molar-refractivity contribution in [1.82, 2.24) is 4.98 Å². The minimum absolute atomic E-state index is 0.111. The Morgan fingerprint density at radius 1 is 1.00 bits per heavy atom. The fraction of sp³-hybridized carbons (Fsp3) is 0. The number of hydrogen-bond acceptors (Lipinski definition) is 5. The number of rotatable bonds is 3. The van der Waals surface area contributed by atoms with Crippen LogP contribution in [-0.4, -0.2) is 4.98 Å². The Morgan fingerprint density at radius 3 is 2.35 bits per heavy atom. The number of nitrogens with one attached hydrogen (secondary N) is 1. The molecule has 3 rings (SSSR count). The lowest BCUT2D eigenvalue weighted by Gasteiger charge is -2.12. The summed E-state index contributed by atoms with van der Waals surface area (Å²) in [6.07, 6.45) is 0. The first-order valence-electron chi connectivity index (χ1n) is 7.44. The number of ether oxygens (including phenoxy) is 1. The highest BCUT2D eigenvalue weighted by atomic mass is 19.1. The first-order valence-corrected chi connectivity index (χ1v) is 7.44. The summed E-state index contributed by atoms with van der Waals surface area (Å²) in [6.45, 7) is 0. The molecule has 6 nitrogen and oxygen atoms in total. The number of aromatic amines is 1. The molecule has 0 bridgehead atoms. The SMILES string of the molecule is N#Cc1c(N)[nH]c(=O)c(C#N)c1-c1cccc(Oc2ccccc2)c1F. The summed E-state index contributed by atoms with van der Waals surface area (Å²) in [5.74, 6) is -0.745. The van der Waals surface area contributed by atoms with Crippen LogP contribution in [-0.2, 0) is 0 Å². The maximum Gasteiger partial charge on any atom is 0.268 e. The summed E-state index contributed by atoms with van der Waals surface area (Å²) < 4.78 is 20.6. The highest BCUT2D eigenvalue weighted by Crippen LogP contribution is 2.35. The Kier molecular flexibility index (Phi) is 4.38. The largest absolute Gasteiger partial charge is 0.454 e. The van der Waals surface area contributed by atoms with Gasteiger partial charge in [0.2, 0.25) is 0 Å². The fourth-order valence-corrected chi connectivity index (χ4v) is 2.51. The zero-order chi connectivity index (χ0) is 18.7. The molecule has 2 aromatic carbocycles. The molecule has 0 spiro atoms. The van der Waals surface area contributed by atoms with E-state index in [4.69, 9.17) is 10.5 Å². The van der Waals surface area contributed by atoms with Crippen LogP contribution in [0.1, 0.15) is 11.1 Å². The zero-order valence-electron chi connectivity index (χ0n) is 13.3. The van der Waals surface area contributed by atoms with Gasteiger partial charge in [0.1, 0.15) is 34.8 Å². The second-order valence-electron chi connectivity index (χ2n) is 5.25. The lowest BCUT2D eigenvalue weighted by molar-refractivity contribution is 0.443. The van der Waals surface area contributed by atoms with Crippen LogP contribution < -0.4 is 16.0 Å². The Morgan fingerprint density at radius 2 is 1.69 bits per heavy atom. The lowest BCUT2D eigenvalue weighted by Crippen LogP contribution is -2.16. The van der Waals surface area contributed by atoms with Gasteiger partial charge in [-0.05, 0) is 18.2 Å². The predicted molar refractivity (Wildman–Crippen MR) is 92.8 cm³/mol. The van der Waals surface area contributed by atoms with Crippen molar-refractivity contribution in [2.24, 2.45) is 0 Å². The van der Waals surface area contributed by atoms with E-state index in [9.17, 15) is 15.3 Å². The normalized spacial score (nSPS) is 9.96. The molecule has 3 N–H and O–H groups in total. The van der Waals surface area contributed by atoms with Crippen LogP contribution in [0.15, 0.2) is 53.3 Å². The summed E-state index contributed by atoms with van der Waals surface area (Å²) in [5, 5.41) is 18.6. The van der Waals surface area contributed by atoms with Crippen molar-refractivity contribution in [2.45, 2.75) is 0 Å². The minimum atomic E-state index is -0.811. The van der Waals surface area contributed by atoms with E-state index in [-0.39, 0.29) is 28.3 Å². The van der Waals surface area contributed by atoms with Crippen molar-refractivity contribution in [3.05, 3.63) is 75.8 Å². The first-order chi connectivity index (χ1) is 12.6. The molecule has 0 aliphatic rings. The Balaban J connectivity index is 2.24. The number of aromatic nitrogens is 1. The monoisotopic (exact) mass is 346 g/mol. The molecule has 0 amide bonds. The van der Waals surface area contributed by atoms with Gasteiger partial charge in [0.05, 0.1) is 0 Å². The topological polar surface area (TPSA) is 116 Å². The van der Waals surface area contributed by atoms with Crippen molar-refractivity contribution < 1.29 is 9.13 Å². The van der Waals surface area contributed by atoms with Crippen LogP contribution in [0, 0.1) is 28.5 Å². The first kappa shape index (κ1) is 16.7. The molecule has 0 atom stereocenters. The Bertz CT molecular complexity index is 1130. The molecule has 3 aromatic rings. The number of halogens is 1. The smallest absolute Gasteiger partial charge is 0.268 e. The molecule has 7 heteroatoms. The molecule has 0 fully saturated rings. The van der Waals surface area contributed by atoms with Crippen LogP contribution in [0.2, 0.25) is 0 Å². The predicted octanol–water partition coefficient (Wildman–Crippen LogP) is 3.30. The second-order valence-corrected chi connectivity index (χ2v) is 5.25. The summed E-state index contributed by atoms with van der Waals surface area (Å²) in [6, 6.07) is 16.3. The molecule has 1 heterocycles. The standard InChI is InChI=1S/C19H11FN4O2/c20-17-12(7-4-8-15(17)26-11-5-2-1-3-6-11)16-13(9-21)18(23)24-19(25)14(16)10-22/h1-8H,(H3,23,24,25). The van der Waals surface area contributed by atoms with Gasteiger partial charge in [0, 0.05) is 11.1 Å². The van der Waals surface area contributed by atoms with Gasteiger partial charge in [0.15, 0.2) is 11.6 Å². The molecule has 126 valence electrons. The molecule has 1 aromatic heterocycles. The number of pyridine rings is 1. The van der Waals surface area contributed by atoms with E-state index in [1.165, 1.54) is 18.2 Å². The molecule has 0 unspecified atom stereocenters. The number of H-pyrrole nitrogens is 1. The van der Waals surface area contributed by atoms with E-state index >= 15 is 4.39 Å². The molecular formula is C19H11FN4O2. The second kappa shape index (κ2) is 6.80. The van der Waals surface area contributed by atoms with Crippen LogP contribution in [0.5, 0.6) is 11.5 Å². The van der Waals surface area contributed by atoms with Crippen molar-refractivity contribution in [3.8, 4) is 34.8 Å². The zero-order valence-corrected chi connectivity index (χ0v) is 13.3. The van der Waals surface area contributed by atoms with Gasteiger partial charge in [0.25, 0.3) is 5.56 Å². The van der Waals surface area contributed by atoms with E-state index < -0.39 is 16.9 Å². The number of hydrogen-bond donors (Lipinski definition) is 2. The summed E-state index contributed by atoms with van der Waals surface area (Å²) in [5.41, 5.74) is 4.00. The number of nitriles is 2. The molecule has 0 saturated heterocycles. The fourth-order valence-electron chi connectivity index (χ4n) is 2.51. The molecule has 26 heavy (non-hydrogen) atoms. The van der Waals surface area contributed by atoms with Crippen molar-refractivity contribution in [1.29, 1.82) is 10.5 Å². The Labute approximate surface area is 147 Å². The summed E-state index contributed by atoms with van der Waals surface area (Å²) >= 11 is 0. The van der Waals surface area contributed by atoms with Gasteiger partial charge in [-0.15, -0.1) is 0 Å². The average molecular weight is 346 g/mol. The third-order valence-corrected chi connectivity index (χ3v) is 3.67. The van der Waals surface area contributed by atoms with Crippen molar-refractivity contribution in [2.75, 3.05) is 5.73 Å². The molecule has 0 saturated carbocycles. The van der Waals surface area contributed by atoms with Crippen LogP contribution in [0.3, 0.4) is 0 Å². The van der Waals surface area contributed by atoms with Gasteiger partial charge < -0.3 is 15.5 Å². The van der Waals surface area contributed by atoms with Crippen LogP contribution in [0.4, 0.5) is 10.2 Å². The Hall–Kier alpha value is -4.10. The van der Waals surface area contributed by atoms with Gasteiger partial charge >= 0.3 is 0 Å². The molecule has 0 radical (unpaired) electrons. The van der Waals surface area contributed by atoms with E-state index in [1.54, 1.807) is 42.5 Å². The summed E-state index contributed by atoms with van der Waals surface area (Å²) in [7, 11) is 0. The third-order valence-electron chi connectivity index (χ3n) is 3.67. The molecule has 0 aliphatic carbocycles. The molecular weight excluding hydrogens is 335 g/mol. The number of nitrogens with zero attached hydrogens (tertiary/aromatic N) is 2. The van der Waals surface area contributed by atoms with Crippen LogP contribution in [0.25, 0.3) is 11.1 Å². The number of para-hydroxylation sites is 1. The van der Waals surface area contributed by atoms with Crippen LogP contribution >= 0.6 is 0 Å². The van der Waals surface area contributed by atoms with E-state index in [1.807, 2.05) is 0 Å². The van der Waals surface area contributed by atoms with E-state index in [0.29, 0.717) is 5.75 Å². The van der Waals surface area contributed by atoms with Gasteiger partial charge in [-0.2, -0.15) is 10.5 Å². The maximum absolute atomic E-state index is 15.0. The van der Waals surface area contributed by atoms with Gasteiger partial charge in [-0.25, -0.2) is 4.39 Å². The van der Waals surface area contributed by atoms with E-state index in [2.05, 4.69) is 4.98 Å². The third kappa shape index (κ3) is 2.85. The number of nitrogen functional groups attached to an aromatic ring is 1. The minimum Gasteiger partial charge on any atom is -0.454 e. The average Bonchev–Trinajstić information content (AvgIpc) is 2.64. The van der Waals surface area contributed by atoms with Gasteiger partial charge in [-0.1, -0.05) is 30.3 Å². The highest BCUT2D eigenvalue weighted by molar-refractivity contribution is 5.81. The number of nitrogens with two attached hydrogens (primary N) is 1. The van der Waals surface area contributed by atoms with E-state index in [0.717, 1.165) is 0 Å². The lowest BCUT2D eigenvalue weighted by atomic mass is 9.96. The molecule has 0 aliphatic heterocycles. The van der Waals surface area contributed by atoms with Crippen molar-refractivity contribution >= 4 is 5.82 Å². The van der Waals surface area contributed by atoms with Crippen molar-refractivity contribution in [3.63, 3.8) is 0 Å². The number of benzene rings is 2. The quantitative estimate of drug-likeness (QED) is 0.755.